The minimum Gasteiger partial charge on any atom is -0.444 e. The first-order chi connectivity index (χ1) is 11.7. The molecule has 0 saturated carbocycles. The standard InChI is InChI=1S/C17H23N3O4S/c1-17(2,3)24-16(21)20-10-6-7-12(11-20)25(22,23)15-18-13-8-4-5-9-14(13)19-15/h4-5,8-9,12H,6-7,10-11H2,1-3H3,(H,18,19). The molecule has 3 rings (SSSR count). The second-order valence-corrected chi connectivity index (χ2v) is 9.44. The van der Waals surface area contributed by atoms with Gasteiger partial charge in [-0.15, -0.1) is 0 Å². The number of hydrogen-bond acceptors (Lipinski definition) is 5. The number of carbonyl (C=O) groups excluding carboxylic acids is 1. The molecule has 1 atom stereocenters. The SMILES string of the molecule is CC(C)(C)OC(=O)N1CCCC(S(=O)(=O)c2nc3ccccc3[nH]2)C1. The molecule has 0 bridgehead atoms. The summed E-state index contributed by atoms with van der Waals surface area (Å²) in [4.78, 5) is 20.8. The van der Waals surface area contributed by atoms with E-state index in [0.29, 0.717) is 30.4 Å². The van der Waals surface area contributed by atoms with E-state index in [0.717, 1.165) is 0 Å². The van der Waals surface area contributed by atoms with Crippen molar-refractivity contribution >= 4 is 27.0 Å². The maximum Gasteiger partial charge on any atom is 0.410 e. The fraction of sp³-hybridized carbons (Fsp3) is 0.529. The highest BCUT2D eigenvalue weighted by molar-refractivity contribution is 7.91. The predicted octanol–water partition coefficient (Wildman–Crippen LogP) is 2.74. The van der Waals surface area contributed by atoms with Gasteiger partial charge in [-0.3, -0.25) is 0 Å². The normalized spacial score (nSPS) is 19.2. The van der Waals surface area contributed by atoms with Crippen LogP contribution in [-0.4, -0.2) is 53.3 Å². The maximum absolute atomic E-state index is 12.9. The average Bonchev–Trinajstić information content (AvgIpc) is 2.98. The second kappa shape index (κ2) is 6.33. The zero-order chi connectivity index (χ0) is 18.2. The summed E-state index contributed by atoms with van der Waals surface area (Å²) in [5.41, 5.74) is 0.684. The first kappa shape index (κ1) is 17.7. The highest BCUT2D eigenvalue weighted by atomic mass is 32.2. The Morgan fingerprint density at radius 3 is 2.72 bits per heavy atom. The molecule has 1 N–H and O–H groups in total. The van der Waals surface area contributed by atoms with Crippen molar-refractivity contribution in [3.8, 4) is 0 Å². The number of benzene rings is 1. The number of aromatic nitrogens is 2. The Morgan fingerprint density at radius 1 is 1.32 bits per heavy atom. The van der Waals surface area contributed by atoms with E-state index < -0.39 is 26.8 Å². The van der Waals surface area contributed by atoms with Crippen molar-refractivity contribution < 1.29 is 17.9 Å². The number of piperidine rings is 1. The molecule has 1 aromatic heterocycles. The van der Waals surface area contributed by atoms with Gasteiger partial charge in [0.25, 0.3) is 0 Å². The van der Waals surface area contributed by atoms with Gasteiger partial charge in [0.2, 0.25) is 15.0 Å². The number of aromatic amines is 1. The summed E-state index contributed by atoms with van der Waals surface area (Å²) < 4.78 is 31.2. The number of ether oxygens (including phenoxy) is 1. The Kier molecular flexibility index (Phi) is 4.49. The third-order valence-electron chi connectivity index (χ3n) is 4.11. The Hall–Kier alpha value is -2.09. The van der Waals surface area contributed by atoms with Crippen LogP contribution in [0.1, 0.15) is 33.6 Å². The number of nitrogens with zero attached hydrogens (tertiary/aromatic N) is 2. The molecule has 2 aromatic rings. The Bertz CT molecular complexity index is 850. The van der Waals surface area contributed by atoms with Crippen molar-refractivity contribution in [1.82, 2.24) is 14.9 Å². The molecular formula is C17H23N3O4S. The zero-order valence-corrected chi connectivity index (χ0v) is 15.5. The molecule has 1 fully saturated rings. The molecular weight excluding hydrogens is 342 g/mol. The largest absolute Gasteiger partial charge is 0.444 e. The van der Waals surface area contributed by atoms with Crippen LogP contribution in [0.3, 0.4) is 0 Å². The number of carbonyl (C=O) groups is 1. The lowest BCUT2D eigenvalue weighted by molar-refractivity contribution is 0.0219. The number of H-pyrrole nitrogens is 1. The number of hydrogen-bond donors (Lipinski definition) is 1. The Balaban J connectivity index is 1.81. The monoisotopic (exact) mass is 365 g/mol. The van der Waals surface area contributed by atoms with Gasteiger partial charge < -0.3 is 14.6 Å². The summed E-state index contributed by atoms with van der Waals surface area (Å²) >= 11 is 0. The number of fused-ring (bicyclic) bond motifs is 1. The van der Waals surface area contributed by atoms with Crippen molar-refractivity contribution in [2.24, 2.45) is 0 Å². The van der Waals surface area contributed by atoms with Crippen LogP contribution in [-0.2, 0) is 14.6 Å². The van der Waals surface area contributed by atoms with Crippen LogP contribution >= 0.6 is 0 Å². The smallest absolute Gasteiger partial charge is 0.410 e. The quantitative estimate of drug-likeness (QED) is 0.883. The molecule has 1 aromatic carbocycles. The molecule has 0 spiro atoms. The number of para-hydroxylation sites is 2. The third-order valence-corrected chi connectivity index (χ3v) is 6.10. The Morgan fingerprint density at radius 2 is 2.04 bits per heavy atom. The number of nitrogens with one attached hydrogen (secondary N) is 1. The summed E-state index contributed by atoms with van der Waals surface area (Å²) in [6.07, 6.45) is 0.638. The van der Waals surface area contributed by atoms with Crippen molar-refractivity contribution in [3.05, 3.63) is 24.3 Å². The number of likely N-dealkylation sites (tertiary alicyclic amines) is 1. The molecule has 7 nitrogen and oxygen atoms in total. The van der Waals surface area contributed by atoms with E-state index in [1.807, 2.05) is 12.1 Å². The van der Waals surface area contributed by atoms with E-state index in [4.69, 9.17) is 4.74 Å². The molecule has 25 heavy (non-hydrogen) atoms. The molecule has 1 aliphatic rings. The van der Waals surface area contributed by atoms with Gasteiger partial charge in [0.05, 0.1) is 16.3 Å². The summed E-state index contributed by atoms with van der Waals surface area (Å²) in [6, 6.07) is 7.18. The minimum absolute atomic E-state index is 0.0373. The van der Waals surface area contributed by atoms with E-state index in [2.05, 4.69) is 9.97 Å². The lowest BCUT2D eigenvalue weighted by Gasteiger charge is -2.33. The third kappa shape index (κ3) is 3.78. The van der Waals surface area contributed by atoms with Gasteiger partial charge in [-0.05, 0) is 45.7 Å². The lowest BCUT2D eigenvalue weighted by atomic mass is 10.1. The van der Waals surface area contributed by atoms with E-state index in [-0.39, 0.29) is 11.7 Å². The minimum atomic E-state index is -3.65. The van der Waals surface area contributed by atoms with Crippen LogP contribution in [0.25, 0.3) is 11.0 Å². The van der Waals surface area contributed by atoms with Crippen molar-refractivity contribution in [3.63, 3.8) is 0 Å². The lowest BCUT2D eigenvalue weighted by Crippen LogP contribution is -2.47. The number of imidazole rings is 1. The highest BCUT2D eigenvalue weighted by Crippen LogP contribution is 2.25. The van der Waals surface area contributed by atoms with E-state index in [1.54, 1.807) is 32.9 Å². The van der Waals surface area contributed by atoms with E-state index in [1.165, 1.54) is 4.90 Å². The fourth-order valence-corrected chi connectivity index (χ4v) is 4.55. The maximum atomic E-state index is 12.9. The van der Waals surface area contributed by atoms with Gasteiger partial charge >= 0.3 is 6.09 Å². The van der Waals surface area contributed by atoms with Crippen LogP contribution in [0, 0.1) is 0 Å². The van der Waals surface area contributed by atoms with Crippen LogP contribution in [0.5, 0.6) is 0 Å². The zero-order valence-electron chi connectivity index (χ0n) is 14.7. The number of amides is 1. The fourth-order valence-electron chi connectivity index (χ4n) is 2.91. The topological polar surface area (TPSA) is 92.4 Å². The van der Waals surface area contributed by atoms with Crippen LogP contribution in [0.2, 0.25) is 0 Å². The Labute approximate surface area is 147 Å². The highest BCUT2D eigenvalue weighted by Gasteiger charge is 2.36. The van der Waals surface area contributed by atoms with Gasteiger partial charge in [-0.25, -0.2) is 18.2 Å². The summed E-state index contributed by atoms with van der Waals surface area (Å²) in [5, 5.41) is -0.723. The van der Waals surface area contributed by atoms with Gasteiger partial charge in [0, 0.05) is 13.1 Å². The van der Waals surface area contributed by atoms with Gasteiger partial charge in [0.15, 0.2) is 0 Å². The van der Waals surface area contributed by atoms with E-state index in [9.17, 15) is 13.2 Å². The van der Waals surface area contributed by atoms with Crippen molar-refractivity contribution in [2.75, 3.05) is 13.1 Å². The molecule has 1 unspecified atom stereocenters. The van der Waals surface area contributed by atoms with Crippen LogP contribution < -0.4 is 0 Å². The molecule has 1 amide bonds. The number of sulfone groups is 1. The molecule has 0 radical (unpaired) electrons. The summed E-state index contributed by atoms with van der Waals surface area (Å²) in [7, 11) is -3.65. The summed E-state index contributed by atoms with van der Waals surface area (Å²) in [6.45, 7) is 5.99. The van der Waals surface area contributed by atoms with Crippen molar-refractivity contribution in [1.29, 1.82) is 0 Å². The molecule has 1 aliphatic heterocycles. The van der Waals surface area contributed by atoms with Gasteiger partial charge in [-0.2, -0.15) is 0 Å². The average molecular weight is 365 g/mol. The first-order valence-corrected chi connectivity index (χ1v) is 9.88. The molecule has 8 heteroatoms. The molecule has 1 saturated heterocycles. The second-order valence-electron chi connectivity index (χ2n) is 7.29. The first-order valence-electron chi connectivity index (χ1n) is 8.33. The molecule has 2 heterocycles. The van der Waals surface area contributed by atoms with Crippen molar-refractivity contribution in [2.45, 2.75) is 49.6 Å². The van der Waals surface area contributed by atoms with E-state index >= 15 is 0 Å². The molecule has 0 aliphatic carbocycles. The summed E-state index contributed by atoms with van der Waals surface area (Å²) in [5.74, 6) is 0. The van der Waals surface area contributed by atoms with Gasteiger partial charge in [-0.1, -0.05) is 12.1 Å². The van der Waals surface area contributed by atoms with Crippen LogP contribution in [0.4, 0.5) is 4.79 Å². The van der Waals surface area contributed by atoms with Crippen LogP contribution in [0.15, 0.2) is 29.4 Å². The number of rotatable bonds is 2. The molecule has 136 valence electrons. The van der Waals surface area contributed by atoms with Gasteiger partial charge in [0.1, 0.15) is 5.60 Å². The predicted molar refractivity (Wildman–Crippen MR) is 94.1 cm³/mol.